The van der Waals surface area contributed by atoms with Gasteiger partial charge in [-0.15, -0.1) is 0 Å². The highest BCUT2D eigenvalue weighted by Gasteiger charge is 2.10. The molecule has 84 valence electrons. The summed E-state index contributed by atoms with van der Waals surface area (Å²) in [5.74, 6) is -0.288. The summed E-state index contributed by atoms with van der Waals surface area (Å²) in [6, 6.07) is 8.40. The maximum Gasteiger partial charge on any atom is 0.132 e. The van der Waals surface area contributed by atoms with Crippen molar-refractivity contribution >= 4 is 12.2 Å². The molecular formula is C15H12FN. The fourth-order valence-corrected chi connectivity index (χ4v) is 1.75. The third-order valence-corrected chi connectivity index (χ3v) is 2.58. The molecule has 1 heterocycles. The van der Waals surface area contributed by atoms with Crippen LogP contribution in [0.15, 0.2) is 49.7 Å². The molecule has 0 amide bonds. The maximum atomic E-state index is 13.7. The Balaban J connectivity index is 2.72. The van der Waals surface area contributed by atoms with Gasteiger partial charge in [-0.25, -0.2) is 4.39 Å². The van der Waals surface area contributed by atoms with E-state index >= 15 is 0 Å². The van der Waals surface area contributed by atoms with Crippen LogP contribution in [0.3, 0.4) is 0 Å². The molecule has 0 saturated heterocycles. The van der Waals surface area contributed by atoms with Crippen LogP contribution < -0.4 is 0 Å². The van der Waals surface area contributed by atoms with Crippen LogP contribution in [0.5, 0.6) is 0 Å². The van der Waals surface area contributed by atoms with E-state index in [1.807, 2.05) is 6.07 Å². The summed E-state index contributed by atoms with van der Waals surface area (Å²) >= 11 is 0. The third kappa shape index (κ3) is 2.02. The van der Waals surface area contributed by atoms with Gasteiger partial charge in [0, 0.05) is 17.3 Å². The van der Waals surface area contributed by atoms with Crippen molar-refractivity contribution in [3.05, 3.63) is 66.6 Å². The van der Waals surface area contributed by atoms with E-state index in [2.05, 4.69) is 18.1 Å². The highest BCUT2D eigenvalue weighted by atomic mass is 19.1. The average Bonchev–Trinajstić information content (AvgIpc) is 2.38. The minimum absolute atomic E-state index is 0.288. The van der Waals surface area contributed by atoms with Gasteiger partial charge in [0.15, 0.2) is 0 Å². The maximum absolute atomic E-state index is 13.7. The molecule has 1 aromatic carbocycles. The molecule has 1 nitrogen and oxygen atoms in total. The van der Waals surface area contributed by atoms with E-state index in [1.165, 1.54) is 6.07 Å². The molecule has 0 saturated carbocycles. The highest BCUT2D eigenvalue weighted by molar-refractivity contribution is 5.77. The average molecular weight is 225 g/mol. The van der Waals surface area contributed by atoms with E-state index in [-0.39, 0.29) is 5.82 Å². The monoisotopic (exact) mass is 225 g/mol. The Labute approximate surface area is 100.0 Å². The van der Waals surface area contributed by atoms with Crippen LogP contribution in [-0.4, -0.2) is 4.98 Å². The Kier molecular flexibility index (Phi) is 3.15. The van der Waals surface area contributed by atoms with E-state index in [1.54, 1.807) is 36.5 Å². The summed E-state index contributed by atoms with van der Waals surface area (Å²) in [7, 11) is 0. The Morgan fingerprint density at radius 3 is 2.47 bits per heavy atom. The molecule has 0 N–H and O–H groups in total. The molecular weight excluding hydrogens is 213 g/mol. The number of hydrogen-bond acceptors (Lipinski definition) is 1. The molecule has 0 fully saturated rings. The summed E-state index contributed by atoms with van der Waals surface area (Å²) in [5.41, 5.74) is 2.77. The standard InChI is InChI=1S/C15H12FN/c1-3-11-9-10-17-15(12(11)4-2)13-7-5-6-8-14(13)16/h3-10H,1-2H2. The predicted molar refractivity (Wildman–Crippen MR) is 69.8 cm³/mol. The van der Waals surface area contributed by atoms with Crippen molar-refractivity contribution in [1.29, 1.82) is 0 Å². The van der Waals surface area contributed by atoms with E-state index in [0.29, 0.717) is 11.3 Å². The third-order valence-electron chi connectivity index (χ3n) is 2.58. The predicted octanol–water partition coefficient (Wildman–Crippen LogP) is 4.17. The van der Waals surface area contributed by atoms with Gasteiger partial charge >= 0.3 is 0 Å². The smallest absolute Gasteiger partial charge is 0.132 e. The van der Waals surface area contributed by atoms with E-state index < -0.39 is 0 Å². The largest absolute Gasteiger partial charge is 0.255 e. The second-order valence-corrected chi connectivity index (χ2v) is 3.55. The van der Waals surface area contributed by atoms with Gasteiger partial charge in [-0.2, -0.15) is 0 Å². The molecule has 0 bridgehead atoms. The van der Waals surface area contributed by atoms with Gasteiger partial charge in [-0.1, -0.05) is 37.4 Å². The lowest BCUT2D eigenvalue weighted by Crippen LogP contribution is -1.93. The van der Waals surface area contributed by atoms with Crippen molar-refractivity contribution in [3.8, 4) is 11.3 Å². The molecule has 0 aliphatic rings. The number of hydrogen-bond donors (Lipinski definition) is 0. The Morgan fingerprint density at radius 1 is 1.06 bits per heavy atom. The van der Waals surface area contributed by atoms with Crippen LogP contribution in [0.2, 0.25) is 0 Å². The van der Waals surface area contributed by atoms with Crippen LogP contribution in [-0.2, 0) is 0 Å². The van der Waals surface area contributed by atoms with Crippen LogP contribution in [0, 0.1) is 5.82 Å². The van der Waals surface area contributed by atoms with Crippen molar-refractivity contribution in [2.45, 2.75) is 0 Å². The number of halogens is 1. The van der Waals surface area contributed by atoms with Crippen LogP contribution in [0.4, 0.5) is 4.39 Å². The van der Waals surface area contributed by atoms with Crippen molar-refractivity contribution in [3.63, 3.8) is 0 Å². The molecule has 0 atom stereocenters. The molecule has 2 heteroatoms. The zero-order valence-electron chi connectivity index (χ0n) is 9.36. The van der Waals surface area contributed by atoms with Crippen molar-refractivity contribution in [2.75, 3.05) is 0 Å². The Hall–Kier alpha value is -2.22. The lowest BCUT2D eigenvalue weighted by atomic mass is 10.0. The number of rotatable bonds is 3. The topological polar surface area (TPSA) is 12.9 Å². The summed E-state index contributed by atoms with van der Waals surface area (Å²) in [6.45, 7) is 7.47. The normalized spacial score (nSPS) is 9.94. The first kappa shape index (κ1) is 11.3. The molecule has 0 unspecified atom stereocenters. The number of aromatic nitrogens is 1. The van der Waals surface area contributed by atoms with Gasteiger partial charge in [0.1, 0.15) is 5.82 Å². The fourth-order valence-electron chi connectivity index (χ4n) is 1.75. The van der Waals surface area contributed by atoms with E-state index in [4.69, 9.17) is 0 Å². The SMILES string of the molecule is C=Cc1ccnc(-c2ccccc2F)c1C=C. The molecule has 17 heavy (non-hydrogen) atoms. The minimum Gasteiger partial charge on any atom is -0.255 e. The molecule has 0 aliphatic heterocycles. The van der Waals surface area contributed by atoms with Crippen LogP contribution in [0.1, 0.15) is 11.1 Å². The Morgan fingerprint density at radius 2 is 1.82 bits per heavy atom. The molecule has 2 rings (SSSR count). The van der Waals surface area contributed by atoms with Gasteiger partial charge < -0.3 is 0 Å². The highest BCUT2D eigenvalue weighted by Crippen LogP contribution is 2.27. The first-order valence-electron chi connectivity index (χ1n) is 5.26. The zero-order valence-corrected chi connectivity index (χ0v) is 9.36. The molecule has 0 spiro atoms. The van der Waals surface area contributed by atoms with Gasteiger partial charge in [-0.3, -0.25) is 4.98 Å². The molecule has 0 aliphatic carbocycles. The Bertz CT molecular complexity index is 573. The van der Waals surface area contributed by atoms with E-state index in [0.717, 1.165) is 11.1 Å². The second-order valence-electron chi connectivity index (χ2n) is 3.55. The minimum atomic E-state index is -0.288. The number of nitrogens with zero attached hydrogens (tertiary/aromatic N) is 1. The van der Waals surface area contributed by atoms with E-state index in [9.17, 15) is 4.39 Å². The number of pyridine rings is 1. The molecule has 1 aromatic heterocycles. The zero-order chi connectivity index (χ0) is 12.3. The van der Waals surface area contributed by atoms with Crippen molar-refractivity contribution in [2.24, 2.45) is 0 Å². The van der Waals surface area contributed by atoms with Gasteiger partial charge in [0.25, 0.3) is 0 Å². The summed E-state index contributed by atoms with van der Waals surface area (Å²) in [4.78, 5) is 4.23. The molecule has 0 radical (unpaired) electrons. The van der Waals surface area contributed by atoms with Gasteiger partial charge in [0.05, 0.1) is 5.69 Å². The summed E-state index contributed by atoms with van der Waals surface area (Å²) in [6.07, 6.45) is 5.03. The van der Waals surface area contributed by atoms with Crippen LogP contribution >= 0.6 is 0 Å². The van der Waals surface area contributed by atoms with Gasteiger partial charge in [-0.05, 0) is 23.8 Å². The van der Waals surface area contributed by atoms with Crippen LogP contribution in [0.25, 0.3) is 23.4 Å². The first-order chi connectivity index (χ1) is 8.27. The second kappa shape index (κ2) is 4.74. The van der Waals surface area contributed by atoms with Gasteiger partial charge in [0.2, 0.25) is 0 Å². The van der Waals surface area contributed by atoms with Crippen molar-refractivity contribution < 1.29 is 4.39 Å². The first-order valence-corrected chi connectivity index (χ1v) is 5.26. The number of benzene rings is 1. The summed E-state index contributed by atoms with van der Waals surface area (Å²) < 4.78 is 13.7. The summed E-state index contributed by atoms with van der Waals surface area (Å²) in [5, 5.41) is 0. The quantitative estimate of drug-likeness (QED) is 0.763. The van der Waals surface area contributed by atoms with Crippen molar-refractivity contribution in [1.82, 2.24) is 4.98 Å². The lowest BCUT2D eigenvalue weighted by molar-refractivity contribution is 0.630. The lowest BCUT2D eigenvalue weighted by Gasteiger charge is -2.08. The fraction of sp³-hybridized carbons (Fsp3) is 0. The molecule has 2 aromatic rings.